The minimum Gasteiger partial charge on any atom is -0.381 e. The van der Waals surface area contributed by atoms with Gasteiger partial charge in [-0.15, -0.1) is 0 Å². The second-order valence-corrected chi connectivity index (χ2v) is 8.24. The second kappa shape index (κ2) is 10.1. The van der Waals surface area contributed by atoms with Crippen LogP contribution in [-0.4, -0.2) is 69.2 Å². The van der Waals surface area contributed by atoms with Crippen LogP contribution in [0.1, 0.15) is 30.4 Å². The van der Waals surface area contributed by atoms with Crippen molar-refractivity contribution in [3.8, 4) is 0 Å². The molecule has 0 radical (unpaired) electrons. The van der Waals surface area contributed by atoms with E-state index in [1.54, 1.807) is 0 Å². The Morgan fingerprint density at radius 3 is 2.56 bits per heavy atom. The van der Waals surface area contributed by atoms with Crippen molar-refractivity contribution >= 4 is 5.96 Å². The summed E-state index contributed by atoms with van der Waals surface area (Å²) >= 11 is 0. The summed E-state index contributed by atoms with van der Waals surface area (Å²) in [7, 11) is 4.02. The van der Waals surface area contributed by atoms with Crippen LogP contribution in [0.25, 0.3) is 0 Å². The van der Waals surface area contributed by atoms with Gasteiger partial charge in [0, 0.05) is 46.3 Å². The maximum atomic E-state index is 5.49. The van der Waals surface area contributed by atoms with Gasteiger partial charge >= 0.3 is 0 Å². The Hall–Kier alpha value is -1.59. The molecule has 0 amide bonds. The summed E-state index contributed by atoms with van der Waals surface area (Å²) in [6, 6.07) is 8.95. The molecule has 2 aliphatic heterocycles. The molecule has 0 aliphatic carbocycles. The van der Waals surface area contributed by atoms with Crippen LogP contribution in [0.5, 0.6) is 0 Å². The zero-order valence-electron chi connectivity index (χ0n) is 17.3. The average Bonchev–Trinajstić information content (AvgIpc) is 3.18. The van der Waals surface area contributed by atoms with E-state index in [1.165, 1.54) is 43.5 Å². The van der Waals surface area contributed by atoms with E-state index < -0.39 is 0 Å². The first-order valence-corrected chi connectivity index (χ1v) is 10.4. The molecular formula is C22H36N4O. The molecule has 5 nitrogen and oxygen atoms in total. The Labute approximate surface area is 164 Å². The Morgan fingerprint density at radius 2 is 1.93 bits per heavy atom. The molecule has 1 aromatic carbocycles. The molecule has 2 fully saturated rings. The average molecular weight is 373 g/mol. The lowest BCUT2D eigenvalue weighted by Crippen LogP contribution is -2.44. The smallest absolute Gasteiger partial charge is 0.193 e. The van der Waals surface area contributed by atoms with Crippen molar-refractivity contribution in [2.75, 3.05) is 53.5 Å². The van der Waals surface area contributed by atoms with E-state index in [0.717, 1.165) is 44.7 Å². The highest BCUT2D eigenvalue weighted by molar-refractivity contribution is 5.79. The Kier molecular flexibility index (Phi) is 7.53. The second-order valence-electron chi connectivity index (χ2n) is 8.24. The van der Waals surface area contributed by atoms with E-state index in [0.29, 0.717) is 5.92 Å². The highest BCUT2D eigenvalue weighted by Crippen LogP contribution is 2.19. The quantitative estimate of drug-likeness (QED) is 0.616. The number of ether oxygens (including phenoxy) is 1. The summed E-state index contributed by atoms with van der Waals surface area (Å²) < 4.78 is 5.49. The van der Waals surface area contributed by atoms with Crippen molar-refractivity contribution in [3.05, 3.63) is 35.4 Å². The monoisotopic (exact) mass is 372 g/mol. The zero-order chi connectivity index (χ0) is 19.1. The standard InChI is InChI=1S/C22H36N4O/c1-18-4-6-20(7-5-18)16-26-11-8-19(9-12-26)14-24-22(23-2)25(3)15-21-10-13-27-17-21/h4-7,19,21H,8-17H2,1-3H3,(H,23,24). The number of piperidine rings is 1. The van der Waals surface area contributed by atoms with Crippen LogP contribution in [0.3, 0.4) is 0 Å². The molecule has 2 saturated heterocycles. The van der Waals surface area contributed by atoms with Crippen molar-refractivity contribution in [1.29, 1.82) is 0 Å². The third-order valence-electron chi connectivity index (χ3n) is 5.91. The molecule has 1 N–H and O–H groups in total. The van der Waals surface area contributed by atoms with Gasteiger partial charge in [-0.2, -0.15) is 0 Å². The molecule has 5 heteroatoms. The van der Waals surface area contributed by atoms with Gasteiger partial charge in [0.1, 0.15) is 0 Å². The van der Waals surface area contributed by atoms with E-state index in [-0.39, 0.29) is 0 Å². The van der Waals surface area contributed by atoms with Crippen LogP contribution in [0.4, 0.5) is 0 Å². The van der Waals surface area contributed by atoms with Gasteiger partial charge in [-0.05, 0) is 50.8 Å². The van der Waals surface area contributed by atoms with Gasteiger partial charge in [-0.1, -0.05) is 29.8 Å². The van der Waals surface area contributed by atoms with E-state index in [1.807, 2.05) is 7.05 Å². The summed E-state index contributed by atoms with van der Waals surface area (Å²) in [6.45, 7) is 9.45. The predicted molar refractivity (Wildman–Crippen MR) is 112 cm³/mol. The van der Waals surface area contributed by atoms with E-state index >= 15 is 0 Å². The molecule has 1 atom stereocenters. The molecule has 0 aromatic heterocycles. The molecule has 0 spiro atoms. The molecule has 27 heavy (non-hydrogen) atoms. The summed E-state index contributed by atoms with van der Waals surface area (Å²) in [5, 5.41) is 3.60. The molecule has 0 saturated carbocycles. The lowest BCUT2D eigenvalue weighted by molar-refractivity contribution is 0.176. The number of aryl methyl sites for hydroxylation is 1. The number of nitrogens with zero attached hydrogens (tertiary/aromatic N) is 3. The summed E-state index contributed by atoms with van der Waals surface area (Å²) in [5.74, 6) is 2.39. The molecule has 3 rings (SSSR count). The maximum absolute atomic E-state index is 5.49. The van der Waals surface area contributed by atoms with E-state index in [2.05, 4.69) is 58.3 Å². The maximum Gasteiger partial charge on any atom is 0.193 e. The van der Waals surface area contributed by atoms with E-state index in [4.69, 9.17) is 4.74 Å². The molecular weight excluding hydrogens is 336 g/mol. The summed E-state index contributed by atoms with van der Waals surface area (Å²) in [6.07, 6.45) is 3.69. The van der Waals surface area contributed by atoms with Crippen molar-refractivity contribution in [2.45, 2.75) is 32.7 Å². The van der Waals surface area contributed by atoms with Gasteiger partial charge in [0.05, 0.1) is 6.61 Å². The van der Waals surface area contributed by atoms with Crippen molar-refractivity contribution in [1.82, 2.24) is 15.1 Å². The predicted octanol–water partition coefficient (Wildman–Crippen LogP) is 2.75. The number of guanidine groups is 1. The van der Waals surface area contributed by atoms with Crippen LogP contribution < -0.4 is 5.32 Å². The minimum atomic E-state index is 0.638. The third kappa shape index (κ3) is 6.22. The number of aliphatic imine (C=N–C) groups is 1. The van der Waals surface area contributed by atoms with Gasteiger partial charge < -0.3 is 15.0 Å². The number of nitrogens with one attached hydrogen (secondary N) is 1. The van der Waals surface area contributed by atoms with Crippen LogP contribution in [0, 0.1) is 18.8 Å². The first-order chi connectivity index (χ1) is 13.1. The van der Waals surface area contributed by atoms with Gasteiger partial charge in [0.25, 0.3) is 0 Å². The summed E-state index contributed by atoms with van der Waals surface area (Å²) in [5.41, 5.74) is 2.76. The highest BCUT2D eigenvalue weighted by atomic mass is 16.5. The molecule has 0 bridgehead atoms. The summed E-state index contributed by atoms with van der Waals surface area (Å²) in [4.78, 5) is 9.31. The lowest BCUT2D eigenvalue weighted by Gasteiger charge is -2.33. The first kappa shape index (κ1) is 20.2. The SMILES string of the molecule is CN=C(NCC1CCN(Cc2ccc(C)cc2)CC1)N(C)CC1CCOC1. The highest BCUT2D eigenvalue weighted by Gasteiger charge is 2.22. The van der Waals surface area contributed by atoms with Crippen molar-refractivity contribution in [3.63, 3.8) is 0 Å². The largest absolute Gasteiger partial charge is 0.381 e. The molecule has 2 heterocycles. The topological polar surface area (TPSA) is 40.1 Å². The third-order valence-corrected chi connectivity index (χ3v) is 5.91. The fourth-order valence-corrected chi connectivity index (χ4v) is 4.12. The van der Waals surface area contributed by atoms with Crippen LogP contribution in [-0.2, 0) is 11.3 Å². The first-order valence-electron chi connectivity index (χ1n) is 10.4. The van der Waals surface area contributed by atoms with Crippen LogP contribution in [0.15, 0.2) is 29.3 Å². The van der Waals surface area contributed by atoms with Crippen molar-refractivity contribution < 1.29 is 4.74 Å². The number of benzene rings is 1. The number of hydrogen-bond acceptors (Lipinski definition) is 3. The normalized spacial score (nSPS) is 22.2. The van der Waals surface area contributed by atoms with Crippen molar-refractivity contribution in [2.24, 2.45) is 16.8 Å². The Bertz CT molecular complexity index is 587. The van der Waals surface area contributed by atoms with Crippen LogP contribution in [0.2, 0.25) is 0 Å². The Balaban J connectivity index is 1.37. The van der Waals surface area contributed by atoms with Crippen LogP contribution >= 0.6 is 0 Å². The lowest BCUT2D eigenvalue weighted by atomic mass is 9.96. The molecule has 150 valence electrons. The van der Waals surface area contributed by atoms with Gasteiger partial charge in [-0.25, -0.2) is 0 Å². The molecule has 1 aromatic rings. The minimum absolute atomic E-state index is 0.638. The van der Waals surface area contributed by atoms with Gasteiger partial charge in [0.2, 0.25) is 0 Å². The fraction of sp³-hybridized carbons (Fsp3) is 0.682. The van der Waals surface area contributed by atoms with Gasteiger partial charge in [0.15, 0.2) is 5.96 Å². The molecule has 1 unspecified atom stereocenters. The van der Waals surface area contributed by atoms with E-state index in [9.17, 15) is 0 Å². The number of likely N-dealkylation sites (tertiary alicyclic amines) is 1. The number of hydrogen-bond donors (Lipinski definition) is 1. The van der Waals surface area contributed by atoms with Gasteiger partial charge in [-0.3, -0.25) is 9.89 Å². The molecule has 2 aliphatic rings. The zero-order valence-corrected chi connectivity index (χ0v) is 17.3. The number of rotatable bonds is 6. The fourth-order valence-electron chi connectivity index (χ4n) is 4.12. The Morgan fingerprint density at radius 1 is 1.19 bits per heavy atom.